The normalized spacial score (nSPS) is 16.7. The predicted octanol–water partition coefficient (Wildman–Crippen LogP) is 4.00. The topological polar surface area (TPSA) is 49.3 Å². The molecule has 1 aliphatic carbocycles. The third kappa shape index (κ3) is 2.53. The molecule has 0 saturated heterocycles. The summed E-state index contributed by atoms with van der Waals surface area (Å²) in [5, 5.41) is 12.5. The van der Waals surface area contributed by atoms with E-state index in [1.807, 2.05) is 12.1 Å². The lowest BCUT2D eigenvalue weighted by molar-refractivity contribution is 0.0697. The molecule has 0 aromatic heterocycles. The molecule has 1 aromatic rings. The van der Waals surface area contributed by atoms with Gasteiger partial charge in [0, 0.05) is 16.7 Å². The minimum absolute atomic E-state index is 0.317. The van der Waals surface area contributed by atoms with Gasteiger partial charge in [0.2, 0.25) is 0 Å². The van der Waals surface area contributed by atoms with Crippen LogP contribution in [0.25, 0.3) is 0 Å². The molecule has 0 aliphatic heterocycles. The molecule has 18 heavy (non-hydrogen) atoms. The number of anilines is 1. The number of carbonyl (C=O) groups is 1. The summed E-state index contributed by atoms with van der Waals surface area (Å²) < 4.78 is 0.620. The lowest BCUT2D eigenvalue weighted by atomic mass is 9.92. The molecule has 0 bridgehead atoms. The zero-order valence-electron chi connectivity index (χ0n) is 10.7. The maximum Gasteiger partial charge on any atom is 0.338 e. The molecule has 0 amide bonds. The second kappa shape index (κ2) is 4.92. The summed E-state index contributed by atoms with van der Waals surface area (Å²) in [5.74, 6) is -0.273. The number of carboxylic acids is 1. The van der Waals surface area contributed by atoms with Gasteiger partial charge < -0.3 is 10.4 Å². The standard InChI is InChI=1S/C14H18BrNO2/c1-9(2)14(6-7-14)8-16-11-5-3-4-10(15)12(11)13(17)18/h3-5,9,16H,6-8H2,1-2H3,(H,17,18). The molecule has 0 heterocycles. The molecule has 0 radical (unpaired) electrons. The Bertz CT molecular complexity index is 467. The Morgan fingerprint density at radius 2 is 2.17 bits per heavy atom. The Balaban J connectivity index is 2.15. The maximum atomic E-state index is 11.2. The number of hydrogen-bond donors (Lipinski definition) is 2. The summed E-state index contributed by atoms with van der Waals surface area (Å²) in [6, 6.07) is 5.43. The van der Waals surface area contributed by atoms with Crippen molar-refractivity contribution in [3.05, 3.63) is 28.2 Å². The van der Waals surface area contributed by atoms with Crippen LogP contribution in [0.1, 0.15) is 37.0 Å². The van der Waals surface area contributed by atoms with Gasteiger partial charge in [0.15, 0.2) is 0 Å². The van der Waals surface area contributed by atoms with Crippen LogP contribution in [-0.2, 0) is 0 Å². The number of benzene rings is 1. The van der Waals surface area contributed by atoms with Gasteiger partial charge in [-0.1, -0.05) is 19.9 Å². The highest BCUT2D eigenvalue weighted by Crippen LogP contribution is 2.51. The Kier molecular flexibility index (Phi) is 3.66. The van der Waals surface area contributed by atoms with Crippen LogP contribution in [-0.4, -0.2) is 17.6 Å². The lowest BCUT2D eigenvalue weighted by Crippen LogP contribution is -2.22. The second-order valence-electron chi connectivity index (χ2n) is 5.34. The largest absolute Gasteiger partial charge is 0.478 e. The summed E-state index contributed by atoms with van der Waals surface area (Å²) in [6.07, 6.45) is 2.46. The fourth-order valence-electron chi connectivity index (χ4n) is 2.28. The fraction of sp³-hybridized carbons (Fsp3) is 0.500. The number of nitrogens with one attached hydrogen (secondary N) is 1. The van der Waals surface area contributed by atoms with Crippen molar-refractivity contribution in [1.29, 1.82) is 0 Å². The van der Waals surface area contributed by atoms with E-state index in [0.717, 1.165) is 6.54 Å². The zero-order valence-corrected chi connectivity index (χ0v) is 12.3. The smallest absolute Gasteiger partial charge is 0.338 e. The molecule has 1 aromatic carbocycles. The Labute approximate surface area is 116 Å². The van der Waals surface area contributed by atoms with Gasteiger partial charge in [-0.2, -0.15) is 0 Å². The van der Waals surface area contributed by atoms with E-state index in [4.69, 9.17) is 0 Å². The highest BCUT2D eigenvalue weighted by atomic mass is 79.9. The minimum Gasteiger partial charge on any atom is -0.478 e. The predicted molar refractivity (Wildman–Crippen MR) is 76.1 cm³/mol. The van der Waals surface area contributed by atoms with Crippen molar-refractivity contribution in [3.63, 3.8) is 0 Å². The van der Waals surface area contributed by atoms with Crippen molar-refractivity contribution in [3.8, 4) is 0 Å². The van der Waals surface area contributed by atoms with E-state index in [1.165, 1.54) is 12.8 Å². The van der Waals surface area contributed by atoms with Gasteiger partial charge in [-0.25, -0.2) is 4.79 Å². The van der Waals surface area contributed by atoms with Gasteiger partial charge >= 0.3 is 5.97 Å². The number of rotatable bonds is 5. The van der Waals surface area contributed by atoms with Crippen molar-refractivity contribution >= 4 is 27.6 Å². The van der Waals surface area contributed by atoms with Crippen LogP contribution in [0.4, 0.5) is 5.69 Å². The fourth-order valence-corrected chi connectivity index (χ4v) is 2.81. The number of hydrogen-bond acceptors (Lipinski definition) is 2. The Morgan fingerprint density at radius 1 is 1.50 bits per heavy atom. The molecule has 1 saturated carbocycles. The zero-order chi connectivity index (χ0) is 13.3. The highest BCUT2D eigenvalue weighted by molar-refractivity contribution is 9.10. The highest BCUT2D eigenvalue weighted by Gasteiger charge is 2.45. The molecule has 3 nitrogen and oxygen atoms in total. The first kappa shape index (κ1) is 13.4. The van der Waals surface area contributed by atoms with Crippen molar-refractivity contribution < 1.29 is 9.90 Å². The van der Waals surface area contributed by atoms with Gasteiger partial charge in [-0.05, 0) is 52.2 Å². The van der Waals surface area contributed by atoms with E-state index in [0.29, 0.717) is 27.1 Å². The third-order valence-electron chi connectivity index (χ3n) is 3.98. The van der Waals surface area contributed by atoms with E-state index in [1.54, 1.807) is 6.07 Å². The van der Waals surface area contributed by atoms with E-state index in [9.17, 15) is 9.90 Å². The number of halogens is 1. The van der Waals surface area contributed by atoms with Crippen LogP contribution in [0.3, 0.4) is 0 Å². The molecular formula is C14H18BrNO2. The van der Waals surface area contributed by atoms with Crippen molar-refractivity contribution in [1.82, 2.24) is 0 Å². The first-order valence-electron chi connectivity index (χ1n) is 6.22. The molecule has 1 aliphatic rings. The van der Waals surface area contributed by atoms with Gasteiger partial charge in [0.25, 0.3) is 0 Å². The van der Waals surface area contributed by atoms with Crippen LogP contribution < -0.4 is 5.32 Å². The van der Waals surface area contributed by atoms with Crippen LogP contribution in [0, 0.1) is 11.3 Å². The Hall–Kier alpha value is -1.03. The van der Waals surface area contributed by atoms with Crippen LogP contribution in [0.5, 0.6) is 0 Å². The third-order valence-corrected chi connectivity index (χ3v) is 4.64. The number of carboxylic acid groups (broad SMARTS) is 1. The van der Waals surface area contributed by atoms with Gasteiger partial charge in [0.05, 0.1) is 5.56 Å². The minimum atomic E-state index is -0.903. The van der Waals surface area contributed by atoms with E-state index in [-0.39, 0.29) is 0 Å². The summed E-state index contributed by atoms with van der Waals surface area (Å²) >= 11 is 3.29. The lowest BCUT2D eigenvalue weighted by Gasteiger charge is -2.21. The molecule has 2 rings (SSSR count). The molecular weight excluding hydrogens is 294 g/mol. The summed E-state index contributed by atoms with van der Waals surface area (Å²) in [4.78, 5) is 11.2. The average molecular weight is 312 g/mol. The van der Waals surface area contributed by atoms with E-state index < -0.39 is 5.97 Å². The molecule has 0 spiro atoms. The first-order chi connectivity index (χ1) is 8.46. The van der Waals surface area contributed by atoms with Gasteiger partial charge in [-0.3, -0.25) is 0 Å². The summed E-state index contributed by atoms with van der Waals surface area (Å²) in [6.45, 7) is 5.31. The average Bonchev–Trinajstić information content (AvgIpc) is 3.06. The molecule has 4 heteroatoms. The van der Waals surface area contributed by atoms with E-state index >= 15 is 0 Å². The van der Waals surface area contributed by atoms with Gasteiger partial charge in [0.1, 0.15) is 0 Å². The molecule has 98 valence electrons. The van der Waals surface area contributed by atoms with Crippen LogP contribution in [0.2, 0.25) is 0 Å². The molecule has 0 atom stereocenters. The van der Waals surface area contributed by atoms with Crippen molar-refractivity contribution in [2.45, 2.75) is 26.7 Å². The van der Waals surface area contributed by atoms with Crippen molar-refractivity contribution in [2.75, 3.05) is 11.9 Å². The second-order valence-corrected chi connectivity index (χ2v) is 6.19. The summed E-state index contributed by atoms with van der Waals surface area (Å²) in [5.41, 5.74) is 1.37. The van der Waals surface area contributed by atoms with E-state index in [2.05, 4.69) is 35.1 Å². The molecule has 0 unspecified atom stereocenters. The molecule has 1 fully saturated rings. The maximum absolute atomic E-state index is 11.2. The number of aromatic carboxylic acids is 1. The first-order valence-corrected chi connectivity index (χ1v) is 7.01. The Morgan fingerprint density at radius 3 is 2.67 bits per heavy atom. The summed E-state index contributed by atoms with van der Waals surface area (Å²) in [7, 11) is 0. The van der Waals surface area contributed by atoms with Crippen molar-refractivity contribution in [2.24, 2.45) is 11.3 Å². The SMILES string of the molecule is CC(C)C1(CNc2cccc(Br)c2C(=O)O)CC1. The van der Waals surface area contributed by atoms with Crippen LogP contribution >= 0.6 is 15.9 Å². The van der Waals surface area contributed by atoms with Crippen LogP contribution in [0.15, 0.2) is 22.7 Å². The monoisotopic (exact) mass is 311 g/mol. The quantitative estimate of drug-likeness (QED) is 0.864. The molecule has 2 N–H and O–H groups in total. The van der Waals surface area contributed by atoms with Gasteiger partial charge in [-0.15, -0.1) is 0 Å².